The summed E-state index contributed by atoms with van der Waals surface area (Å²) in [6, 6.07) is 10.00. The van der Waals surface area contributed by atoms with Crippen molar-refractivity contribution in [2.24, 2.45) is 0 Å². The lowest BCUT2D eigenvalue weighted by Gasteiger charge is -2.12. The minimum absolute atomic E-state index is 0.130. The molecule has 0 radical (unpaired) electrons. The number of benzene rings is 1. The molecule has 1 amide bonds. The standard InChI is InChI=1S/C16H20N4O/c1-20(2)13-7-3-11(4-8-13)10-17-16(21)15-9-14(18-19-15)12-5-6-12/h3-4,7-9,12H,5-6,10H2,1-2H3,(H,17,21)(H,18,19). The molecule has 110 valence electrons. The van der Waals surface area contributed by atoms with E-state index in [4.69, 9.17) is 0 Å². The largest absolute Gasteiger partial charge is 0.378 e. The summed E-state index contributed by atoms with van der Waals surface area (Å²) in [5.74, 6) is 0.451. The van der Waals surface area contributed by atoms with Crippen molar-refractivity contribution in [3.8, 4) is 0 Å². The molecule has 1 saturated carbocycles. The summed E-state index contributed by atoms with van der Waals surface area (Å²) < 4.78 is 0. The van der Waals surface area contributed by atoms with Crippen LogP contribution in [0.3, 0.4) is 0 Å². The molecule has 0 aliphatic heterocycles. The van der Waals surface area contributed by atoms with Crippen LogP contribution in [0.5, 0.6) is 0 Å². The quantitative estimate of drug-likeness (QED) is 0.885. The van der Waals surface area contributed by atoms with E-state index in [0.717, 1.165) is 16.9 Å². The van der Waals surface area contributed by atoms with E-state index >= 15 is 0 Å². The number of H-pyrrole nitrogens is 1. The molecular weight excluding hydrogens is 264 g/mol. The predicted octanol–water partition coefficient (Wildman–Crippen LogP) is 2.28. The summed E-state index contributed by atoms with van der Waals surface area (Å²) in [6.45, 7) is 0.512. The van der Waals surface area contributed by atoms with Gasteiger partial charge in [-0.25, -0.2) is 0 Å². The molecule has 0 saturated heterocycles. The van der Waals surface area contributed by atoms with Gasteiger partial charge in [-0.3, -0.25) is 9.89 Å². The van der Waals surface area contributed by atoms with Crippen LogP contribution in [0, 0.1) is 0 Å². The van der Waals surface area contributed by atoms with Gasteiger partial charge in [-0.15, -0.1) is 0 Å². The van der Waals surface area contributed by atoms with Crippen molar-refractivity contribution in [3.05, 3.63) is 47.3 Å². The van der Waals surface area contributed by atoms with Crippen molar-refractivity contribution in [1.82, 2.24) is 15.5 Å². The first kappa shape index (κ1) is 13.7. The minimum atomic E-state index is -0.130. The number of rotatable bonds is 5. The van der Waals surface area contributed by atoms with Crippen LogP contribution in [0.1, 0.15) is 40.5 Å². The third kappa shape index (κ3) is 3.24. The average molecular weight is 284 g/mol. The fourth-order valence-corrected chi connectivity index (χ4v) is 2.24. The van der Waals surface area contributed by atoms with E-state index in [1.54, 1.807) is 0 Å². The van der Waals surface area contributed by atoms with Crippen LogP contribution < -0.4 is 10.2 Å². The van der Waals surface area contributed by atoms with Gasteiger partial charge in [-0.05, 0) is 36.6 Å². The third-order valence-corrected chi connectivity index (χ3v) is 3.75. The van der Waals surface area contributed by atoms with Crippen LogP contribution in [0.2, 0.25) is 0 Å². The van der Waals surface area contributed by atoms with Crippen LogP contribution in [0.4, 0.5) is 5.69 Å². The van der Waals surface area contributed by atoms with Crippen LogP contribution >= 0.6 is 0 Å². The molecule has 0 atom stereocenters. The molecular formula is C16H20N4O. The Hall–Kier alpha value is -2.30. The zero-order valence-corrected chi connectivity index (χ0v) is 12.4. The van der Waals surface area contributed by atoms with Gasteiger partial charge in [0.2, 0.25) is 0 Å². The predicted molar refractivity (Wildman–Crippen MR) is 82.5 cm³/mol. The molecule has 1 heterocycles. The van der Waals surface area contributed by atoms with Gasteiger partial charge in [0.15, 0.2) is 0 Å². The molecule has 1 aliphatic carbocycles. The van der Waals surface area contributed by atoms with E-state index < -0.39 is 0 Å². The molecule has 0 bridgehead atoms. The number of anilines is 1. The fraction of sp³-hybridized carbons (Fsp3) is 0.375. The van der Waals surface area contributed by atoms with Crippen LogP contribution in [-0.4, -0.2) is 30.2 Å². The van der Waals surface area contributed by atoms with Gasteiger partial charge in [0.25, 0.3) is 5.91 Å². The summed E-state index contributed by atoms with van der Waals surface area (Å²) in [4.78, 5) is 14.1. The first-order valence-corrected chi connectivity index (χ1v) is 7.23. The third-order valence-electron chi connectivity index (χ3n) is 3.75. The SMILES string of the molecule is CN(C)c1ccc(CNC(=O)c2cc(C3CC3)[nH]n2)cc1. The highest BCUT2D eigenvalue weighted by molar-refractivity contribution is 5.92. The van der Waals surface area contributed by atoms with Gasteiger partial charge >= 0.3 is 0 Å². The van der Waals surface area contributed by atoms with E-state index in [9.17, 15) is 4.79 Å². The second-order valence-corrected chi connectivity index (χ2v) is 5.73. The highest BCUT2D eigenvalue weighted by Crippen LogP contribution is 2.38. The molecule has 2 N–H and O–H groups in total. The molecule has 1 aromatic carbocycles. The molecule has 5 heteroatoms. The van der Waals surface area contributed by atoms with Crippen LogP contribution in [0.25, 0.3) is 0 Å². The first-order valence-electron chi connectivity index (χ1n) is 7.23. The summed E-state index contributed by atoms with van der Waals surface area (Å²) in [7, 11) is 4.01. The zero-order chi connectivity index (χ0) is 14.8. The minimum Gasteiger partial charge on any atom is -0.378 e. The highest BCUT2D eigenvalue weighted by Gasteiger charge is 2.26. The van der Waals surface area contributed by atoms with Crippen molar-refractivity contribution in [2.45, 2.75) is 25.3 Å². The fourth-order valence-electron chi connectivity index (χ4n) is 2.24. The molecule has 21 heavy (non-hydrogen) atoms. The maximum atomic E-state index is 12.0. The second kappa shape index (κ2) is 5.60. The maximum absolute atomic E-state index is 12.0. The Morgan fingerprint density at radius 1 is 1.33 bits per heavy atom. The molecule has 2 aromatic rings. The summed E-state index contributed by atoms with van der Waals surface area (Å²) >= 11 is 0. The summed E-state index contributed by atoms with van der Waals surface area (Å²) in [6.07, 6.45) is 2.39. The van der Waals surface area contributed by atoms with Gasteiger partial charge in [-0.1, -0.05) is 12.1 Å². The Kier molecular flexibility index (Phi) is 3.64. The molecule has 1 aromatic heterocycles. The number of nitrogens with one attached hydrogen (secondary N) is 2. The normalized spacial score (nSPS) is 14.0. The van der Waals surface area contributed by atoms with Crippen LogP contribution in [-0.2, 0) is 6.54 Å². The molecule has 0 unspecified atom stereocenters. The number of carbonyl (C=O) groups excluding carboxylic acids is 1. The number of aromatic amines is 1. The lowest BCUT2D eigenvalue weighted by Crippen LogP contribution is -2.23. The first-order chi connectivity index (χ1) is 10.1. The monoisotopic (exact) mass is 284 g/mol. The van der Waals surface area contributed by atoms with Crippen LogP contribution in [0.15, 0.2) is 30.3 Å². The molecule has 5 nitrogen and oxygen atoms in total. The smallest absolute Gasteiger partial charge is 0.272 e. The van der Waals surface area contributed by atoms with E-state index in [1.165, 1.54) is 12.8 Å². The second-order valence-electron chi connectivity index (χ2n) is 5.73. The number of carbonyl (C=O) groups is 1. The molecule has 1 aliphatic rings. The lowest BCUT2D eigenvalue weighted by atomic mass is 10.2. The molecule has 1 fully saturated rings. The van der Waals surface area contributed by atoms with Crippen molar-refractivity contribution in [3.63, 3.8) is 0 Å². The topological polar surface area (TPSA) is 61.0 Å². The number of aromatic nitrogens is 2. The summed E-state index contributed by atoms with van der Waals surface area (Å²) in [5.41, 5.74) is 3.77. The lowest BCUT2D eigenvalue weighted by molar-refractivity contribution is 0.0946. The van der Waals surface area contributed by atoms with E-state index in [1.807, 2.05) is 49.3 Å². The number of hydrogen-bond acceptors (Lipinski definition) is 3. The maximum Gasteiger partial charge on any atom is 0.272 e. The molecule has 3 rings (SSSR count). The number of nitrogens with zero attached hydrogens (tertiary/aromatic N) is 2. The van der Waals surface area contributed by atoms with Crippen molar-refractivity contribution in [1.29, 1.82) is 0 Å². The number of amides is 1. The molecule has 0 spiro atoms. The highest BCUT2D eigenvalue weighted by atomic mass is 16.1. The zero-order valence-electron chi connectivity index (χ0n) is 12.4. The van der Waals surface area contributed by atoms with Crippen molar-refractivity contribution < 1.29 is 4.79 Å². The Bertz CT molecular complexity index is 626. The van der Waals surface area contributed by atoms with E-state index in [-0.39, 0.29) is 5.91 Å². The average Bonchev–Trinajstić information content (AvgIpc) is 3.22. The van der Waals surface area contributed by atoms with Crippen molar-refractivity contribution in [2.75, 3.05) is 19.0 Å². The Morgan fingerprint density at radius 3 is 2.67 bits per heavy atom. The van der Waals surface area contributed by atoms with E-state index in [2.05, 4.69) is 15.5 Å². The van der Waals surface area contributed by atoms with Crippen molar-refractivity contribution >= 4 is 11.6 Å². The van der Waals surface area contributed by atoms with Gasteiger partial charge in [0, 0.05) is 37.9 Å². The Balaban J connectivity index is 1.57. The van der Waals surface area contributed by atoms with Gasteiger partial charge in [-0.2, -0.15) is 5.10 Å². The Morgan fingerprint density at radius 2 is 2.05 bits per heavy atom. The van der Waals surface area contributed by atoms with Gasteiger partial charge < -0.3 is 10.2 Å². The number of hydrogen-bond donors (Lipinski definition) is 2. The van der Waals surface area contributed by atoms with Gasteiger partial charge in [0.05, 0.1) is 0 Å². The van der Waals surface area contributed by atoms with Gasteiger partial charge in [0.1, 0.15) is 5.69 Å². The van der Waals surface area contributed by atoms with E-state index in [0.29, 0.717) is 18.2 Å². The Labute approximate surface area is 124 Å². The summed E-state index contributed by atoms with van der Waals surface area (Å²) in [5, 5.41) is 9.94.